The Morgan fingerprint density at radius 1 is 1.56 bits per heavy atom. The van der Waals surface area contributed by atoms with Crippen LogP contribution in [0.15, 0.2) is 18.5 Å². The van der Waals surface area contributed by atoms with Gasteiger partial charge >= 0.3 is 0 Å². The third-order valence-corrected chi connectivity index (χ3v) is 3.27. The van der Waals surface area contributed by atoms with Gasteiger partial charge in [-0.15, -0.1) is 0 Å². The maximum atomic E-state index is 12.4. The lowest BCUT2D eigenvalue weighted by atomic mass is 10.1. The number of amides is 1. The van der Waals surface area contributed by atoms with Crippen LogP contribution in [0.1, 0.15) is 23.2 Å². The maximum absolute atomic E-state index is 12.4. The quantitative estimate of drug-likeness (QED) is 0.607. The van der Waals surface area contributed by atoms with E-state index < -0.39 is 0 Å². The SMILES string of the molecule is CN(C(=O)c1cnccc1NN)C1CCOCC1. The number of hydrogen-bond donors (Lipinski definition) is 2. The molecule has 0 radical (unpaired) electrons. The van der Waals surface area contributed by atoms with Gasteiger partial charge in [-0.1, -0.05) is 0 Å². The summed E-state index contributed by atoms with van der Waals surface area (Å²) in [5.74, 6) is 5.33. The second kappa shape index (κ2) is 5.79. The van der Waals surface area contributed by atoms with Crippen LogP contribution in [0, 0.1) is 0 Å². The van der Waals surface area contributed by atoms with Gasteiger partial charge in [0, 0.05) is 38.7 Å². The monoisotopic (exact) mass is 250 g/mol. The fourth-order valence-electron chi connectivity index (χ4n) is 2.12. The lowest BCUT2D eigenvalue weighted by Crippen LogP contribution is -2.41. The number of nitrogen functional groups attached to an aromatic ring is 1. The van der Waals surface area contributed by atoms with Crippen molar-refractivity contribution in [3.63, 3.8) is 0 Å². The van der Waals surface area contributed by atoms with Gasteiger partial charge in [0.2, 0.25) is 0 Å². The van der Waals surface area contributed by atoms with Crippen LogP contribution in [0.4, 0.5) is 5.69 Å². The fourth-order valence-corrected chi connectivity index (χ4v) is 2.12. The zero-order chi connectivity index (χ0) is 13.0. The Bertz CT molecular complexity index is 418. The summed E-state index contributed by atoms with van der Waals surface area (Å²) in [6, 6.07) is 1.91. The highest BCUT2D eigenvalue weighted by molar-refractivity contribution is 5.99. The highest BCUT2D eigenvalue weighted by Crippen LogP contribution is 2.19. The minimum atomic E-state index is -0.0667. The van der Waals surface area contributed by atoms with Crippen molar-refractivity contribution in [3.05, 3.63) is 24.0 Å². The van der Waals surface area contributed by atoms with Gasteiger partial charge in [-0.2, -0.15) is 0 Å². The van der Waals surface area contributed by atoms with Crippen LogP contribution in [-0.2, 0) is 4.74 Å². The summed E-state index contributed by atoms with van der Waals surface area (Å²) < 4.78 is 5.30. The van der Waals surface area contributed by atoms with Gasteiger partial charge in [-0.05, 0) is 18.9 Å². The standard InChI is InChI=1S/C12H18N4O2/c1-16(9-3-6-18-7-4-9)12(17)10-8-14-5-2-11(10)15-13/h2,5,8-9H,3-4,6-7,13H2,1H3,(H,14,15). The molecule has 3 N–H and O–H groups in total. The molecular weight excluding hydrogens is 232 g/mol. The first kappa shape index (κ1) is 12.8. The first-order valence-corrected chi connectivity index (χ1v) is 5.99. The minimum absolute atomic E-state index is 0.0667. The third kappa shape index (κ3) is 2.60. The van der Waals surface area contributed by atoms with E-state index in [0.29, 0.717) is 24.5 Å². The number of hydrazine groups is 1. The van der Waals surface area contributed by atoms with Gasteiger partial charge in [0.05, 0.1) is 11.3 Å². The average Bonchev–Trinajstić information content (AvgIpc) is 2.46. The molecule has 1 aliphatic heterocycles. The molecule has 18 heavy (non-hydrogen) atoms. The zero-order valence-corrected chi connectivity index (χ0v) is 10.4. The number of carbonyl (C=O) groups is 1. The van der Waals surface area contributed by atoms with Crippen LogP contribution < -0.4 is 11.3 Å². The summed E-state index contributed by atoms with van der Waals surface area (Å²) in [7, 11) is 1.81. The molecule has 1 fully saturated rings. The first-order valence-electron chi connectivity index (χ1n) is 5.99. The lowest BCUT2D eigenvalue weighted by Gasteiger charge is -2.31. The Labute approximate surface area is 106 Å². The molecule has 0 unspecified atom stereocenters. The summed E-state index contributed by atoms with van der Waals surface area (Å²) >= 11 is 0. The van der Waals surface area contributed by atoms with E-state index in [1.165, 1.54) is 6.20 Å². The molecule has 1 aromatic rings. The van der Waals surface area contributed by atoms with Crippen molar-refractivity contribution in [2.45, 2.75) is 18.9 Å². The second-order valence-electron chi connectivity index (χ2n) is 4.33. The molecule has 98 valence electrons. The largest absolute Gasteiger partial charge is 0.381 e. The summed E-state index contributed by atoms with van der Waals surface area (Å²) in [5.41, 5.74) is 3.61. The van der Waals surface area contributed by atoms with Gasteiger partial charge < -0.3 is 15.1 Å². The summed E-state index contributed by atoms with van der Waals surface area (Å²) in [6.07, 6.45) is 4.87. The topological polar surface area (TPSA) is 80.5 Å². The fraction of sp³-hybridized carbons (Fsp3) is 0.500. The molecule has 0 spiro atoms. The Morgan fingerprint density at radius 3 is 2.94 bits per heavy atom. The molecule has 0 aliphatic carbocycles. The average molecular weight is 250 g/mol. The summed E-state index contributed by atoms with van der Waals surface area (Å²) in [6.45, 7) is 1.41. The number of nitrogens with two attached hydrogens (primary N) is 1. The predicted molar refractivity (Wildman–Crippen MR) is 68.0 cm³/mol. The van der Waals surface area contributed by atoms with E-state index in [4.69, 9.17) is 10.6 Å². The van der Waals surface area contributed by atoms with Gasteiger partial charge in [-0.3, -0.25) is 15.6 Å². The number of pyridine rings is 1. The number of anilines is 1. The molecule has 6 nitrogen and oxygen atoms in total. The van der Waals surface area contributed by atoms with Crippen molar-refractivity contribution in [2.24, 2.45) is 5.84 Å². The van der Waals surface area contributed by atoms with E-state index in [-0.39, 0.29) is 11.9 Å². The minimum Gasteiger partial charge on any atom is -0.381 e. The highest BCUT2D eigenvalue weighted by Gasteiger charge is 2.24. The molecule has 1 aromatic heterocycles. The summed E-state index contributed by atoms with van der Waals surface area (Å²) in [4.78, 5) is 18.1. The number of ether oxygens (including phenoxy) is 1. The van der Waals surface area contributed by atoms with E-state index in [0.717, 1.165) is 12.8 Å². The lowest BCUT2D eigenvalue weighted by molar-refractivity contribution is 0.0362. The van der Waals surface area contributed by atoms with Gasteiger partial charge in [0.15, 0.2) is 0 Å². The van der Waals surface area contributed by atoms with Crippen LogP contribution in [0.25, 0.3) is 0 Å². The van der Waals surface area contributed by atoms with Gasteiger partial charge in [0.25, 0.3) is 5.91 Å². The number of carbonyl (C=O) groups excluding carboxylic acids is 1. The van der Waals surface area contributed by atoms with Crippen LogP contribution in [-0.4, -0.2) is 42.1 Å². The Morgan fingerprint density at radius 2 is 2.28 bits per heavy atom. The van der Waals surface area contributed by atoms with Crippen molar-refractivity contribution >= 4 is 11.6 Å². The number of aromatic nitrogens is 1. The number of hydrogen-bond acceptors (Lipinski definition) is 5. The Hall–Kier alpha value is -1.66. The third-order valence-electron chi connectivity index (χ3n) is 3.27. The van der Waals surface area contributed by atoms with Crippen LogP contribution >= 0.6 is 0 Å². The Kier molecular flexibility index (Phi) is 4.11. The van der Waals surface area contributed by atoms with Crippen LogP contribution in [0.5, 0.6) is 0 Å². The van der Waals surface area contributed by atoms with Crippen molar-refractivity contribution in [1.82, 2.24) is 9.88 Å². The molecule has 1 saturated heterocycles. The molecule has 0 atom stereocenters. The van der Waals surface area contributed by atoms with Crippen molar-refractivity contribution in [3.8, 4) is 0 Å². The highest BCUT2D eigenvalue weighted by atomic mass is 16.5. The Balaban J connectivity index is 2.14. The van der Waals surface area contributed by atoms with E-state index in [1.807, 2.05) is 7.05 Å². The smallest absolute Gasteiger partial charge is 0.257 e. The van der Waals surface area contributed by atoms with Crippen LogP contribution in [0.3, 0.4) is 0 Å². The van der Waals surface area contributed by atoms with E-state index in [1.54, 1.807) is 17.2 Å². The first-order chi connectivity index (χ1) is 8.74. The maximum Gasteiger partial charge on any atom is 0.257 e. The molecular formula is C12H18N4O2. The molecule has 6 heteroatoms. The van der Waals surface area contributed by atoms with E-state index >= 15 is 0 Å². The summed E-state index contributed by atoms with van der Waals surface area (Å²) in [5, 5.41) is 0. The number of nitrogens with one attached hydrogen (secondary N) is 1. The normalized spacial score (nSPS) is 16.3. The number of nitrogens with zero attached hydrogens (tertiary/aromatic N) is 2. The molecule has 2 heterocycles. The van der Waals surface area contributed by atoms with Gasteiger partial charge in [-0.25, -0.2) is 0 Å². The van der Waals surface area contributed by atoms with Crippen molar-refractivity contribution < 1.29 is 9.53 Å². The van der Waals surface area contributed by atoms with E-state index in [2.05, 4.69) is 10.4 Å². The molecule has 0 saturated carbocycles. The zero-order valence-electron chi connectivity index (χ0n) is 10.4. The van der Waals surface area contributed by atoms with E-state index in [9.17, 15) is 4.79 Å². The van der Waals surface area contributed by atoms with Gasteiger partial charge in [0.1, 0.15) is 0 Å². The predicted octanol–water partition coefficient (Wildman–Crippen LogP) is 0.618. The van der Waals surface area contributed by atoms with Crippen LogP contribution in [0.2, 0.25) is 0 Å². The molecule has 2 rings (SSSR count). The second-order valence-corrected chi connectivity index (χ2v) is 4.33. The molecule has 1 aliphatic rings. The molecule has 1 amide bonds. The van der Waals surface area contributed by atoms with Crippen molar-refractivity contribution in [2.75, 3.05) is 25.7 Å². The number of rotatable bonds is 3. The van der Waals surface area contributed by atoms with Crippen molar-refractivity contribution in [1.29, 1.82) is 0 Å². The molecule has 0 aromatic carbocycles. The molecule has 0 bridgehead atoms.